The van der Waals surface area contributed by atoms with Gasteiger partial charge in [-0.25, -0.2) is 8.42 Å². The first kappa shape index (κ1) is 19.9. The maximum absolute atomic E-state index is 12.5. The third kappa shape index (κ3) is 4.89. The average Bonchev–Trinajstić information content (AvgIpc) is 3.09. The normalized spacial score (nSPS) is 14.2. The van der Waals surface area contributed by atoms with Gasteiger partial charge in [-0.3, -0.25) is 14.3 Å². The van der Waals surface area contributed by atoms with E-state index in [4.69, 9.17) is 0 Å². The van der Waals surface area contributed by atoms with Gasteiger partial charge >= 0.3 is 0 Å². The van der Waals surface area contributed by atoms with Gasteiger partial charge in [0.2, 0.25) is 15.9 Å². The number of amides is 2. The zero-order valence-electron chi connectivity index (χ0n) is 15.6. The smallest absolute Gasteiger partial charge is 0.255 e. The molecule has 148 valence electrons. The molecule has 0 bridgehead atoms. The van der Waals surface area contributed by atoms with Crippen molar-refractivity contribution in [2.45, 2.75) is 26.2 Å². The van der Waals surface area contributed by atoms with E-state index in [0.717, 1.165) is 12.1 Å². The summed E-state index contributed by atoms with van der Waals surface area (Å²) in [6, 6.07) is 13.4. The highest BCUT2D eigenvalue weighted by Crippen LogP contribution is 2.23. The summed E-state index contributed by atoms with van der Waals surface area (Å²) in [4.78, 5) is 26.1. The first-order valence-corrected chi connectivity index (χ1v) is 10.9. The molecule has 2 aromatic carbocycles. The molecule has 8 heteroatoms. The zero-order valence-corrected chi connectivity index (χ0v) is 16.5. The van der Waals surface area contributed by atoms with Crippen molar-refractivity contribution in [2.75, 3.05) is 27.2 Å². The van der Waals surface area contributed by atoms with Gasteiger partial charge in [0.05, 0.1) is 5.75 Å². The van der Waals surface area contributed by atoms with Crippen LogP contribution in [0.15, 0.2) is 48.5 Å². The number of sulfonamides is 1. The van der Waals surface area contributed by atoms with Crippen molar-refractivity contribution < 1.29 is 18.0 Å². The first-order valence-electron chi connectivity index (χ1n) is 9.20. The predicted molar refractivity (Wildman–Crippen MR) is 110 cm³/mol. The fourth-order valence-electron chi connectivity index (χ4n) is 3.06. The fraction of sp³-hybridized carbons (Fsp3) is 0.300. The molecular weight excluding hydrogens is 378 g/mol. The number of rotatable bonds is 7. The van der Waals surface area contributed by atoms with Crippen LogP contribution in [0.4, 0.5) is 17.1 Å². The molecule has 1 aliphatic heterocycles. The van der Waals surface area contributed by atoms with Gasteiger partial charge in [0.1, 0.15) is 0 Å². The second kappa shape index (κ2) is 8.43. The Labute approximate surface area is 164 Å². The van der Waals surface area contributed by atoms with Gasteiger partial charge in [0.15, 0.2) is 0 Å². The molecule has 0 aromatic heterocycles. The molecule has 1 aliphatic rings. The summed E-state index contributed by atoms with van der Waals surface area (Å²) in [5.74, 6) is -0.173. The van der Waals surface area contributed by atoms with E-state index in [1.807, 2.05) is 6.07 Å². The van der Waals surface area contributed by atoms with Crippen LogP contribution in [0.5, 0.6) is 0 Å². The van der Waals surface area contributed by atoms with Crippen molar-refractivity contribution in [1.82, 2.24) is 0 Å². The quantitative estimate of drug-likeness (QED) is 0.745. The first-order chi connectivity index (χ1) is 13.4. The Balaban J connectivity index is 1.67. The molecule has 0 radical (unpaired) electrons. The van der Waals surface area contributed by atoms with Crippen LogP contribution in [-0.2, 0) is 14.8 Å². The minimum atomic E-state index is -3.35. The Hall–Kier alpha value is -2.87. The van der Waals surface area contributed by atoms with Crippen LogP contribution in [0.1, 0.15) is 36.5 Å². The second-order valence-corrected chi connectivity index (χ2v) is 8.49. The number of anilines is 3. The standard InChI is InChI=1S/C20H23N3O4S/c1-2-13-28(26,27)22-17-10-8-16(9-11-17)21-20(25)15-5-3-6-18(14-15)23-12-4-7-19(23)24/h3,5-6,8-11,14,22H,2,4,7,12-13H2,1H3,(H,21,25). The van der Waals surface area contributed by atoms with Gasteiger partial charge in [-0.1, -0.05) is 13.0 Å². The maximum atomic E-state index is 12.5. The topological polar surface area (TPSA) is 95.6 Å². The monoisotopic (exact) mass is 401 g/mol. The molecule has 0 spiro atoms. The lowest BCUT2D eigenvalue weighted by atomic mass is 10.1. The van der Waals surface area contributed by atoms with Crippen molar-refractivity contribution in [3.05, 3.63) is 54.1 Å². The molecule has 1 fully saturated rings. The van der Waals surface area contributed by atoms with E-state index in [1.165, 1.54) is 0 Å². The van der Waals surface area contributed by atoms with Crippen molar-refractivity contribution in [3.63, 3.8) is 0 Å². The maximum Gasteiger partial charge on any atom is 0.255 e. The Kier molecular flexibility index (Phi) is 5.99. The second-order valence-electron chi connectivity index (χ2n) is 6.65. The summed E-state index contributed by atoms with van der Waals surface area (Å²) < 4.78 is 26.1. The Morgan fingerprint density at radius 2 is 1.82 bits per heavy atom. The lowest BCUT2D eigenvalue weighted by Crippen LogP contribution is -2.24. The third-order valence-electron chi connectivity index (χ3n) is 4.38. The van der Waals surface area contributed by atoms with Gasteiger partial charge in [0, 0.05) is 35.6 Å². The van der Waals surface area contributed by atoms with Gasteiger partial charge in [0.25, 0.3) is 5.91 Å². The SMILES string of the molecule is CCCS(=O)(=O)Nc1ccc(NC(=O)c2cccc(N3CCCC3=O)c2)cc1. The highest BCUT2D eigenvalue weighted by molar-refractivity contribution is 7.92. The Bertz CT molecular complexity index is 971. The lowest BCUT2D eigenvalue weighted by Gasteiger charge is -2.16. The van der Waals surface area contributed by atoms with Crippen LogP contribution in [0.25, 0.3) is 0 Å². The largest absolute Gasteiger partial charge is 0.322 e. The lowest BCUT2D eigenvalue weighted by molar-refractivity contribution is -0.117. The van der Waals surface area contributed by atoms with Crippen molar-refractivity contribution >= 4 is 38.9 Å². The molecule has 2 aromatic rings. The number of nitrogens with zero attached hydrogens (tertiary/aromatic N) is 1. The molecule has 1 heterocycles. The molecule has 2 N–H and O–H groups in total. The van der Waals surface area contributed by atoms with Gasteiger partial charge < -0.3 is 10.2 Å². The van der Waals surface area contributed by atoms with Gasteiger partial charge in [-0.05, 0) is 55.3 Å². The molecule has 3 rings (SSSR count). The Morgan fingerprint density at radius 1 is 1.11 bits per heavy atom. The van der Waals surface area contributed by atoms with Gasteiger partial charge in [-0.15, -0.1) is 0 Å². The van der Waals surface area contributed by atoms with Crippen LogP contribution in [0, 0.1) is 0 Å². The van der Waals surface area contributed by atoms with Gasteiger partial charge in [-0.2, -0.15) is 0 Å². The van der Waals surface area contributed by atoms with Crippen LogP contribution >= 0.6 is 0 Å². The summed E-state index contributed by atoms with van der Waals surface area (Å²) in [6.45, 7) is 2.46. The van der Waals surface area contributed by atoms with Crippen LogP contribution < -0.4 is 14.9 Å². The molecule has 0 saturated carbocycles. The molecule has 1 saturated heterocycles. The highest BCUT2D eigenvalue weighted by atomic mass is 32.2. The minimum Gasteiger partial charge on any atom is -0.322 e. The molecule has 7 nitrogen and oxygen atoms in total. The summed E-state index contributed by atoms with van der Waals surface area (Å²) in [7, 11) is -3.35. The van der Waals surface area contributed by atoms with Crippen LogP contribution in [0.3, 0.4) is 0 Å². The number of carbonyl (C=O) groups is 2. The van der Waals surface area contributed by atoms with E-state index in [-0.39, 0.29) is 17.6 Å². The molecule has 0 aliphatic carbocycles. The Morgan fingerprint density at radius 3 is 2.46 bits per heavy atom. The van der Waals surface area contributed by atoms with E-state index in [9.17, 15) is 18.0 Å². The zero-order chi connectivity index (χ0) is 20.1. The number of benzene rings is 2. The fourth-order valence-corrected chi connectivity index (χ4v) is 4.20. The molecular formula is C20H23N3O4S. The average molecular weight is 401 g/mol. The molecule has 28 heavy (non-hydrogen) atoms. The van der Waals surface area contributed by atoms with Crippen LogP contribution in [0.2, 0.25) is 0 Å². The predicted octanol–water partition coefficient (Wildman–Crippen LogP) is 3.22. The van der Waals surface area contributed by atoms with E-state index >= 15 is 0 Å². The van der Waals surface area contributed by atoms with Crippen molar-refractivity contribution in [3.8, 4) is 0 Å². The minimum absolute atomic E-state index is 0.0569. The molecule has 0 atom stereocenters. The number of hydrogen-bond acceptors (Lipinski definition) is 4. The third-order valence-corrected chi connectivity index (χ3v) is 5.87. The van der Waals surface area contributed by atoms with Crippen molar-refractivity contribution in [1.29, 1.82) is 0 Å². The summed E-state index contributed by atoms with van der Waals surface area (Å²) >= 11 is 0. The van der Waals surface area contributed by atoms with Crippen LogP contribution in [-0.4, -0.2) is 32.5 Å². The van der Waals surface area contributed by atoms with E-state index < -0.39 is 10.0 Å². The van der Waals surface area contributed by atoms with Crippen molar-refractivity contribution in [2.24, 2.45) is 0 Å². The molecule has 2 amide bonds. The summed E-state index contributed by atoms with van der Waals surface area (Å²) in [5, 5.41) is 2.78. The molecule has 0 unspecified atom stereocenters. The number of hydrogen-bond donors (Lipinski definition) is 2. The summed E-state index contributed by atoms with van der Waals surface area (Å²) in [5.41, 5.74) is 2.16. The number of carbonyl (C=O) groups excluding carboxylic acids is 2. The van der Waals surface area contributed by atoms with E-state index in [1.54, 1.807) is 54.3 Å². The highest BCUT2D eigenvalue weighted by Gasteiger charge is 2.22. The summed E-state index contributed by atoms with van der Waals surface area (Å²) in [6.07, 6.45) is 1.89. The van der Waals surface area contributed by atoms with E-state index in [2.05, 4.69) is 10.0 Å². The number of nitrogens with one attached hydrogen (secondary N) is 2. The van der Waals surface area contributed by atoms with E-state index in [0.29, 0.717) is 36.3 Å².